The first-order chi connectivity index (χ1) is 14.5. The fourth-order valence-electron chi connectivity index (χ4n) is 2.28. The molecule has 0 spiro atoms. The van der Waals surface area contributed by atoms with Gasteiger partial charge in [-0.1, -0.05) is 29.8 Å². The summed E-state index contributed by atoms with van der Waals surface area (Å²) in [7, 11) is 0. The molecule has 3 N–H and O–H groups in total. The number of thiocarbonyl (C=S) groups is 1. The third kappa shape index (κ3) is 8.06. The number of hydrogen-bond acceptors (Lipinski definition) is 6. The van der Waals surface area contributed by atoms with Gasteiger partial charge >= 0.3 is 0 Å². The number of carbonyl (C=O) groups excluding carboxylic acids is 2. The molecule has 0 aliphatic rings. The van der Waals surface area contributed by atoms with Crippen LogP contribution in [0.15, 0.2) is 48.5 Å². The summed E-state index contributed by atoms with van der Waals surface area (Å²) in [6, 6.07) is 14.1. The van der Waals surface area contributed by atoms with Crippen LogP contribution in [0.4, 0.5) is 0 Å². The zero-order valence-corrected chi connectivity index (χ0v) is 17.7. The second-order valence-electron chi connectivity index (χ2n) is 6.10. The minimum Gasteiger partial charge on any atom is -0.490 e. The van der Waals surface area contributed by atoms with Crippen LogP contribution in [0.2, 0.25) is 0 Å². The van der Waals surface area contributed by atoms with Gasteiger partial charge in [-0.2, -0.15) is 0 Å². The van der Waals surface area contributed by atoms with Gasteiger partial charge in [-0.15, -0.1) is 0 Å². The van der Waals surface area contributed by atoms with Crippen molar-refractivity contribution in [3.63, 3.8) is 0 Å². The van der Waals surface area contributed by atoms with Gasteiger partial charge in [-0.05, 0) is 50.3 Å². The lowest BCUT2D eigenvalue weighted by atomic mass is 10.2. The molecule has 0 saturated heterocycles. The molecule has 0 saturated carbocycles. The largest absolute Gasteiger partial charge is 0.490 e. The summed E-state index contributed by atoms with van der Waals surface area (Å²) in [5, 5.41) is 2.43. The number of ether oxygens (including phenoxy) is 3. The Hall–Kier alpha value is -3.17. The van der Waals surface area contributed by atoms with Gasteiger partial charge in [0.1, 0.15) is 18.1 Å². The van der Waals surface area contributed by atoms with Crippen molar-refractivity contribution < 1.29 is 23.8 Å². The summed E-state index contributed by atoms with van der Waals surface area (Å²) in [6.45, 7) is 4.97. The maximum absolute atomic E-state index is 12.5. The number of carbonyl (C=O) groups is 2. The van der Waals surface area contributed by atoms with E-state index in [4.69, 9.17) is 26.4 Å². The lowest BCUT2D eigenvalue weighted by Crippen LogP contribution is -2.49. The monoisotopic (exact) mass is 431 g/mol. The van der Waals surface area contributed by atoms with Crippen molar-refractivity contribution >= 4 is 29.1 Å². The molecule has 2 aromatic rings. The number of rotatable bonds is 9. The molecule has 2 amide bonds. The molecule has 0 heterocycles. The Morgan fingerprint density at radius 1 is 0.967 bits per heavy atom. The molecular formula is C21H25N3O5S. The van der Waals surface area contributed by atoms with E-state index in [2.05, 4.69) is 16.2 Å². The molecule has 0 aliphatic heterocycles. The molecule has 8 nitrogen and oxygen atoms in total. The maximum atomic E-state index is 12.5. The quantitative estimate of drug-likeness (QED) is 0.318. The zero-order valence-electron chi connectivity index (χ0n) is 16.9. The zero-order chi connectivity index (χ0) is 21.8. The van der Waals surface area contributed by atoms with E-state index < -0.39 is 11.8 Å². The highest BCUT2D eigenvalue weighted by Crippen LogP contribution is 2.17. The summed E-state index contributed by atoms with van der Waals surface area (Å²) in [6.07, 6.45) is 0. The predicted molar refractivity (Wildman–Crippen MR) is 116 cm³/mol. The van der Waals surface area contributed by atoms with E-state index in [-0.39, 0.29) is 11.7 Å². The Kier molecular flexibility index (Phi) is 9.56. The molecule has 2 rings (SSSR count). The third-order valence-corrected chi connectivity index (χ3v) is 3.96. The van der Waals surface area contributed by atoms with E-state index in [1.54, 1.807) is 36.4 Å². The second-order valence-corrected chi connectivity index (χ2v) is 6.51. The van der Waals surface area contributed by atoms with Crippen molar-refractivity contribution in [2.75, 3.05) is 26.4 Å². The summed E-state index contributed by atoms with van der Waals surface area (Å²) >= 11 is 5.05. The van der Waals surface area contributed by atoms with Gasteiger partial charge in [0.2, 0.25) is 0 Å². The molecule has 0 fully saturated rings. The first-order valence-corrected chi connectivity index (χ1v) is 9.79. The van der Waals surface area contributed by atoms with E-state index in [1.807, 2.05) is 26.0 Å². The Labute approximate surface area is 180 Å². The van der Waals surface area contributed by atoms with E-state index in [9.17, 15) is 9.59 Å². The Bertz CT molecular complexity index is 858. The molecular weight excluding hydrogens is 406 g/mol. The number of para-hydroxylation sites is 1. The highest BCUT2D eigenvalue weighted by molar-refractivity contribution is 7.80. The molecule has 0 aliphatic carbocycles. The summed E-state index contributed by atoms with van der Waals surface area (Å²) in [4.78, 5) is 24.3. The van der Waals surface area contributed by atoms with E-state index in [0.29, 0.717) is 36.9 Å². The molecule has 160 valence electrons. The average Bonchev–Trinajstić information content (AvgIpc) is 2.75. The van der Waals surface area contributed by atoms with Gasteiger partial charge in [0.05, 0.1) is 12.2 Å². The van der Waals surface area contributed by atoms with Crippen LogP contribution in [0.1, 0.15) is 22.8 Å². The summed E-state index contributed by atoms with van der Waals surface area (Å²) in [5.41, 5.74) is 6.24. The van der Waals surface area contributed by atoms with Crippen LogP contribution in [-0.4, -0.2) is 43.4 Å². The van der Waals surface area contributed by atoms with E-state index in [0.717, 1.165) is 5.56 Å². The average molecular weight is 432 g/mol. The summed E-state index contributed by atoms with van der Waals surface area (Å²) in [5.74, 6) is 0.0668. The third-order valence-electron chi connectivity index (χ3n) is 3.75. The topological polar surface area (TPSA) is 97.9 Å². The van der Waals surface area contributed by atoms with Crippen molar-refractivity contribution in [2.45, 2.75) is 13.8 Å². The molecule has 0 aromatic heterocycles. The number of benzene rings is 2. The highest BCUT2D eigenvalue weighted by atomic mass is 32.1. The standard InChI is InChI=1S/C21H25N3O5S/c1-3-27-12-13-28-18-7-5-4-6-17(18)20(26)22-21(30)24-23-19(25)14-29-16-10-8-15(2)9-11-16/h4-11H,3,12-14H2,1-2H3,(H,23,25)(H2,22,24,26,30). The smallest absolute Gasteiger partial charge is 0.276 e. The van der Waals surface area contributed by atoms with Crippen LogP contribution in [0.25, 0.3) is 0 Å². The van der Waals surface area contributed by atoms with Crippen molar-refractivity contribution in [1.29, 1.82) is 0 Å². The SMILES string of the molecule is CCOCCOc1ccccc1C(=O)NC(=S)NNC(=O)COc1ccc(C)cc1. The highest BCUT2D eigenvalue weighted by Gasteiger charge is 2.14. The van der Waals surface area contributed by atoms with Crippen LogP contribution in [-0.2, 0) is 9.53 Å². The lowest BCUT2D eigenvalue weighted by molar-refractivity contribution is -0.123. The van der Waals surface area contributed by atoms with E-state index >= 15 is 0 Å². The number of hydrogen-bond donors (Lipinski definition) is 3. The molecule has 30 heavy (non-hydrogen) atoms. The second kappa shape index (κ2) is 12.4. The van der Waals surface area contributed by atoms with Crippen molar-refractivity contribution in [3.05, 3.63) is 59.7 Å². The van der Waals surface area contributed by atoms with Crippen LogP contribution in [0.5, 0.6) is 11.5 Å². The molecule has 0 atom stereocenters. The Morgan fingerprint density at radius 2 is 1.70 bits per heavy atom. The van der Waals surface area contributed by atoms with Gasteiger partial charge in [0.25, 0.3) is 11.8 Å². The van der Waals surface area contributed by atoms with Crippen LogP contribution in [0.3, 0.4) is 0 Å². The Morgan fingerprint density at radius 3 is 2.43 bits per heavy atom. The first kappa shape index (κ1) is 23.1. The molecule has 2 aromatic carbocycles. The fourth-order valence-corrected chi connectivity index (χ4v) is 2.43. The van der Waals surface area contributed by atoms with Gasteiger partial charge in [-0.25, -0.2) is 0 Å². The van der Waals surface area contributed by atoms with Crippen LogP contribution in [0, 0.1) is 6.92 Å². The van der Waals surface area contributed by atoms with Crippen molar-refractivity contribution in [3.8, 4) is 11.5 Å². The fraction of sp³-hybridized carbons (Fsp3) is 0.286. The number of amides is 2. The summed E-state index contributed by atoms with van der Waals surface area (Å²) < 4.78 is 16.2. The van der Waals surface area contributed by atoms with Gasteiger partial charge in [-0.3, -0.25) is 25.8 Å². The normalized spacial score (nSPS) is 10.1. The van der Waals surface area contributed by atoms with Crippen molar-refractivity contribution in [2.24, 2.45) is 0 Å². The lowest BCUT2D eigenvalue weighted by Gasteiger charge is -2.13. The molecule has 9 heteroatoms. The number of aryl methyl sites for hydroxylation is 1. The van der Waals surface area contributed by atoms with Gasteiger partial charge in [0, 0.05) is 6.61 Å². The van der Waals surface area contributed by atoms with Crippen molar-refractivity contribution in [1.82, 2.24) is 16.2 Å². The minimum absolute atomic E-state index is 0.0622. The van der Waals surface area contributed by atoms with Crippen LogP contribution >= 0.6 is 12.2 Å². The van der Waals surface area contributed by atoms with E-state index in [1.165, 1.54) is 0 Å². The predicted octanol–water partition coefficient (Wildman–Crippen LogP) is 2.12. The number of nitrogens with one attached hydrogen (secondary N) is 3. The van der Waals surface area contributed by atoms with Gasteiger partial charge < -0.3 is 14.2 Å². The maximum Gasteiger partial charge on any atom is 0.276 e. The molecule has 0 radical (unpaired) electrons. The number of hydrazine groups is 1. The first-order valence-electron chi connectivity index (χ1n) is 9.38. The Balaban J connectivity index is 1.77. The minimum atomic E-state index is -0.468. The molecule has 0 unspecified atom stereocenters. The van der Waals surface area contributed by atoms with Crippen LogP contribution < -0.4 is 25.6 Å². The molecule has 0 bridgehead atoms. The van der Waals surface area contributed by atoms with Gasteiger partial charge in [0.15, 0.2) is 11.7 Å².